The largest absolute Gasteiger partial charge is 0.588 e. The Bertz CT molecular complexity index is 1310. The van der Waals surface area contributed by atoms with Crippen LogP contribution in [-0.4, -0.2) is 21.4 Å². The summed E-state index contributed by atoms with van der Waals surface area (Å²) >= 11 is 4.57. The van der Waals surface area contributed by atoms with Gasteiger partial charge in [-0.1, -0.05) is 44.5 Å². The summed E-state index contributed by atoms with van der Waals surface area (Å²) in [5, 5.41) is 9.22. The molecule has 2 heterocycles. The van der Waals surface area contributed by atoms with Crippen molar-refractivity contribution in [3.05, 3.63) is 82.1 Å². The molecule has 0 bridgehead atoms. The number of halogens is 1. The molecule has 0 saturated heterocycles. The van der Waals surface area contributed by atoms with Gasteiger partial charge in [-0.15, -0.1) is 0 Å². The topological polar surface area (TPSA) is 109 Å². The first-order chi connectivity index (χ1) is 15.6. The Balaban J connectivity index is 1.68. The second-order valence-electron chi connectivity index (χ2n) is 8.48. The Morgan fingerprint density at radius 3 is 2.36 bits per heavy atom. The van der Waals surface area contributed by atoms with E-state index < -0.39 is 23.2 Å². The smallest absolute Gasteiger partial charge is 0.268 e. The van der Waals surface area contributed by atoms with E-state index in [0.29, 0.717) is 4.90 Å². The van der Waals surface area contributed by atoms with Crippen molar-refractivity contribution in [2.75, 3.05) is 9.62 Å². The Kier molecular flexibility index (Phi) is 5.89. The SMILES string of the molecule is CC(C)(C)c1ccc([S+]([O-])Nc2ccc(Cl)c3c2C(=O)N(c2cncc(C#N)c2)C3=O)cc1. The molecule has 1 unspecified atom stereocenters. The first kappa shape index (κ1) is 22.8. The Morgan fingerprint density at radius 2 is 1.73 bits per heavy atom. The van der Waals surface area contributed by atoms with Crippen LogP contribution in [0.5, 0.6) is 0 Å². The van der Waals surface area contributed by atoms with Crippen molar-refractivity contribution in [1.82, 2.24) is 4.98 Å². The van der Waals surface area contributed by atoms with E-state index in [0.717, 1.165) is 10.5 Å². The van der Waals surface area contributed by atoms with Gasteiger partial charge in [-0.3, -0.25) is 14.6 Å². The lowest BCUT2D eigenvalue weighted by Crippen LogP contribution is -2.29. The molecule has 2 aromatic carbocycles. The van der Waals surface area contributed by atoms with Crippen LogP contribution in [0.25, 0.3) is 0 Å². The van der Waals surface area contributed by atoms with E-state index in [9.17, 15) is 14.1 Å². The first-order valence-corrected chi connectivity index (χ1v) is 11.5. The molecule has 7 nitrogen and oxygen atoms in total. The molecular weight excluding hydrogens is 460 g/mol. The second-order valence-corrected chi connectivity index (χ2v) is 10.1. The van der Waals surface area contributed by atoms with Gasteiger partial charge in [0.05, 0.1) is 39.3 Å². The number of aromatic nitrogens is 1. The zero-order valence-electron chi connectivity index (χ0n) is 18.0. The molecule has 0 spiro atoms. The van der Waals surface area contributed by atoms with Gasteiger partial charge >= 0.3 is 0 Å². The average Bonchev–Trinajstić information content (AvgIpc) is 3.06. The van der Waals surface area contributed by atoms with Gasteiger partial charge in [0.25, 0.3) is 11.8 Å². The number of imide groups is 1. The van der Waals surface area contributed by atoms with Crippen LogP contribution in [0.3, 0.4) is 0 Å². The van der Waals surface area contributed by atoms with Crippen molar-refractivity contribution >= 4 is 46.2 Å². The van der Waals surface area contributed by atoms with Crippen molar-refractivity contribution in [3.8, 4) is 6.07 Å². The third-order valence-corrected chi connectivity index (χ3v) is 6.66. The molecule has 0 saturated carbocycles. The second kappa shape index (κ2) is 8.52. The Labute approximate surface area is 199 Å². The Hall–Kier alpha value is -3.38. The summed E-state index contributed by atoms with van der Waals surface area (Å²) in [6, 6.07) is 13.7. The van der Waals surface area contributed by atoms with E-state index in [1.165, 1.54) is 30.6 Å². The van der Waals surface area contributed by atoms with Crippen molar-refractivity contribution in [2.24, 2.45) is 0 Å². The van der Waals surface area contributed by atoms with Crippen LogP contribution < -0.4 is 9.62 Å². The summed E-state index contributed by atoms with van der Waals surface area (Å²) in [6.45, 7) is 6.26. The van der Waals surface area contributed by atoms with Gasteiger partial charge < -0.3 is 4.55 Å². The fraction of sp³-hybridized carbons (Fsp3) is 0.167. The molecule has 4 rings (SSSR count). The number of fused-ring (bicyclic) bond motifs is 1. The van der Waals surface area contributed by atoms with Gasteiger partial charge in [-0.25, -0.2) is 9.62 Å². The maximum Gasteiger partial charge on any atom is 0.268 e. The van der Waals surface area contributed by atoms with Gasteiger partial charge in [0, 0.05) is 6.20 Å². The highest BCUT2D eigenvalue weighted by Gasteiger charge is 2.41. The van der Waals surface area contributed by atoms with Crippen LogP contribution in [0.4, 0.5) is 11.4 Å². The van der Waals surface area contributed by atoms with E-state index in [-0.39, 0.29) is 38.5 Å². The fourth-order valence-corrected chi connectivity index (χ4v) is 4.60. The number of anilines is 2. The van der Waals surface area contributed by atoms with Crippen LogP contribution in [0.1, 0.15) is 52.6 Å². The summed E-state index contributed by atoms with van der Waals surface area (Å²) in [4.78, 5) is 31.7. The lowest BCUT2D eigenvalue weighted by atomic mass is 9.87. The van der Waals surface area contributed by atoms with Crippen LogP contribution in [0, 0.1) is 11.3 Å². The number of nitrogens with zero attached hydrogens (tertiary/aromatic N) is 3. The molecular formula is C24H19ClN4O3S. The lowest BCUT2D eigenvalue weighted by molar-refractivity contribution is 0.0926. The number of amides is 2. The molecule has 1 atom stereocenters. The minimum atomic E-state index is -1.69. The van der Waals surface area contributed by atoms with Crippen LogP contribution in [0.15, 0.2) is 59.8 Å². The molecule has 33 heavy (non-hydrogen) atoms. The minimum Gasteiger partial charge on any atom is -0.588 e. The summed E-state index contributed by atoms with van der Waals surface area (Å²) in [6.07, 6.45) is 2.65. The number of benzene rings is 2. The van der Waals surface area contributed by atoms with Crippen LogP contribution >= 0.6 is 11.6 Å². The molecule has 0 fully saturated rings. The molecule has 3 aromatic rings. The molecule has 0 aliphatic carbocycles. The van der Waals surface area contributed by atoms with Crippen molar-refractivity contribution < 1.29 is 14.1 Å². The summed E-state index contributed by atoms with van der Waals surface area (Å²) < 4.78 is 15.8. The maximum atomic E-state index is 13.3. The number of carbonyl (C=O) groups is 2. The molecule has 166 valence electrons. The van der Waals surface area contributed by atoms with Crippen LogP contribution in [0.2, 0.25) is 5.02 Å². The predicted octanol–water partition coefficient (Wildman–Crippen LogP) is 4.84. The number of pyridine rings is 1. The zero-order chi connectivity index (χ0) is 23.9. The number of hydrogen-bond donors (Lipinski definition) is 1. The standard InChI is InChI=1S/C24H19ClN4O3S/c1-24(2,3)15-4-6-17(7-5-15)33(32)28-19-9-8-18(25)20-21(19)23(31)29(22(20)30)16-10-14(11-26)12-27-13-16/h4-10,12-13,28H,1-3H3. The lowest BCUT2D eigenvalue weighted by Gasteiger charge is -2.19. The van der Waals surface area contributed by atoms with Crippen molar-refractivity contribution in [2.45, 2.75) is 31.1 Å². The molecule has 2 amide bonds. The number of nitrogens with one attached hydrogen (secondary N) is 1. The minimum absolute atomic E-state index is 0.00843. The van der Waals surface area contributed by atoms with E-state index in [1.54, 1.807) is 12.1 Å². The molecule has 0 radical (unpaired) electrons. The number of rotatable bonds is 4. The first-order valence-electron chi connectivity index (χ1n) is 9.97. The average molecular weight is 479 g/mol. The number of hydrogen-bond acceptors (Lipinski definition) is 6. The van der Waals surface area contributed by atoms with Gasteiger partial charge in [0.1, 0.15) is 17.4 Å². The predicted molar refractivity (Wildman–Crippen MR) is 127 cm³/mol. The van der Waals surface area contributed by atoms with E-state index in [1.807, 2.05) is 18.2 Å². The maximum absolute atomic E-state index is 13.3. The van der Waals surface area contributed by atoms with Gasteiger partial charge in [-0.05, 0) is 41.3 Å². The monoisotopic (exact) mass is 478 g/mol. The quantitative estimate of drug-likeness (QED) is 0.424. The molecule has 1 aliphatic heterocycles. The normalized spacial score (nSPS) is 14.1. The fourth-order valence-electron chi connectivity index (χ4n) is 3.49. The van der Waals surface area contributed by atoms with Crippen molar-refractivity contribution in [3.63, 3.8) is 0 Å². The summed E-state index contributed by atoms with van der Waals surface area (Å²) in [5.41, 5.74) is 1.66. The van der Waals surface area contributed by atoms with E-state index >= 15 is 0 Å². The molecule has 1 aromatic heterocycles. The Morgan fingerprint density at radius 1 is 1.06 bits per heavy atom. The van der Waals surface area contributed by atoms with Crippen molar-refractivity contribution in [1.29, 1.82) is 5.26 Å². The summed E-state index contributed by atoms with van der Waals surface area (Å²) in [7, 11) is 0. The van der Waals surface area contributed by atoms with Gasteiger partial charge in [0.15, 0.2) is 4.90 Å². The van der Waals surface area contributed by atoms with E-state index in [2.05, 4.69) is 30.5 Å². The molecule has 9 heteroatoms. The highest BCUT2D eigenvalue weighted by molar-refractivity contribution is 7.92. The highest BCUT2D eigenvalue weighted by atomic mass is 35.5. The third-order valence-electron chi connectivity index (χ3n) is 5.24. The molecule has 1 N–H and O–H groups in total. The number of carbonyl (C=O) groups excluding carboxylic acids is 2. The molecule has 1 aliphatic rings. The van der Waals surface area contributed by atoms with Gasteiger partial charge in [-0.2, -0.15) is 5.26 Å². The summed E-state index contributed by atoms with van der Waals surface area (Å²) in [5.74, 6) is -1.28. The highest BCUT2D eigenvalue weighted by Crippen LogP contribution is 2.38. The van der Waals surface area contributed by atoms with E-state index in [4.69, 9.17) is 16.9 Å². The number of nitriles is 1. The third kappa shape index (κ3) is 4.18. The zero-order valence-corrected chi connectivity index (χ0v) is 19.6. The van der Waals surface area contributed by atoms with Crippen LogP contribution in [-0.2, 0) is 16.8 Å². The van der Waals surface area contributed by atoms with Gasteiger partial charge in [0.2, 0.25) is 0 Å².